The molecule has 102 valence electrons. The Kier molecular flexibility index (Phi) is 3.74. The molecule has 0 fully saturated rings. The fourth-order valence-electron chi connectivity index (χ4n) is 2.40. The minimum absolute atomic E-state index is 0.101. The van der Waals surface area contributed by atoms with Crippen LogP contribution < -0.4 is 9.47 Å². The van der Waals surface area contributed by atoms with Crippen LogP contribution in [0.25, 0.3) is 0 Å². The van der Waals surface area contributed by atoms with Crippen LogP contribution in [0.5, 0.6) is 11.5 Å². The smallest absolute Gasteiger partial charge is 0.309 e. The number of ketones is 1. The van der Waals surface area contributed by atoms with E-state index in [-0.39, 0.29) is 18.2 Å². The molecule has 0 aliphatic heterocycles. The predicted octanol–water partition coefficient (Wildman–Crippen LogP) is 1.62. The number of methoxy groups -OCH3 is 3. The van der Waals surface area contributed by atoms with Crippen LogP contribution in [0.2, 0.25) is 0 Å². The van der Waals surface area contributed by atoms with Crippen LogP contribution >= 0.6 is 0 Å². The van der Waals surface area contributed by atoms with Crippen molar-refractivity contribution in [3.8, 4) is 11.5 Å². The zero-order valence-corrected chi connectivity index (χ0v) is 11.2. The molecule has 1 atom stereocenters. The maximum Gasteiger partial charge on any atom is 0.309 e. The quantitative estimate of drug-likeness (QED) is 0.776. The van der Waals surface area contributed by atoms with Gasteiger partial charge in [0.15, 0.2) is 5.78 Å². The summed E-state index contributed by atoms with van der Waals surface area (Å²) in [5.41, 5.74) is 1.31. The number of ether oxygens (including phenoxy) is 3. The average molecular weight is 264 g/mol. The van der Waals surface area contributed by atoms with Crippen molar-refractivity contribution in [1.82, 2.24) is 0 Å². The van der Waals surface area contributed by atoms with Gasteiger partial charge in [-0.25, -0.2) is 0 Å². The van der Waals surface area contributed by atoms with Crippen molar-refractivity contribution in [2.24, 2.45) is 5.92 Å². The van der Waals surface area contributed by atoms with Gasteiger partial charge < -0.3 is 14.2 Å². The Morgan fingerprint density at radius 3 is 2.47 bits per heavy atom. The van der Waals surface area contributed by atoms with Crippen molar-refractivity contribution in [1.29, 1.82) is 0 Å². The second kappa shape index (κ2) is 5.30. The molecule has 0 radical (unpaired) electrons. The minimum Gasteiger partial charge on any atom is -0.497 e. The van der Waals surface area contributed by atoms with Gasteiger partial charge in [-0.15, -0.1) is 0 Å². The average Bonchev–Trinajstić information content (AvgIpc) is 2.44. The highest BCUT2D eigenvalue weighted by Crippen LogP contribution is 2.36. The lowest BCUT2D eigenvalue weighted by atomic mass is 9.82. The first-order valence-corrected chi connectivity index (χ1v) is 5.96. The van der Waals surface area contributed by atoms with E-state index < -0.39 is 5.92 Å². The Labute approximate surface area is 111 Å². The van der Waals surface area contributed by atoms with Crippen LogP contribution in [-0.4, -0.2) is 33.1 Å². The molecule has 0 saturated carbocycles. The molecule has 5 heteroatoms. The molecule has 0 N–H and O–H groups in total. The zero-order chi connectivity index (χ0) is 14.0. The monoisotopic (exact) mass is 264 g/mol. The largest absolute Gasteiger partial charge is 0.497 e. The van der Waals surface area contributed by atoms with Crippen LogP contribution in [0.15, 0.2) is 12.1 Å². The lowest BCUT2D eigenvalue weighted by Gasteiger charge is -2.23. The Balaban J connectivity index is 2.46. The van der Waals surface area contributed by atoms with E-state index in [1.165, 1.54) is 14.2 Å². The van der Waals surface area contributed by atoms with E-state index in [0.29, 0.717) is 23.5 Å². The highest BCUT2D eigenvalue weighted by Gasteiger charge is 2.33. The third-order valence-electron chi connectivity index (χ3n) is 3.32. The van der Waals surface area contributed by atoms with E-state index in [2.05, 4.69) is 0 Å². The van der Waals surface area contributed by atoms with Crippen LogP contribution in [0, 0.1) is 5.92 Å². The number of fused-ring (bicyclic) bond motifs is 1. The fourth-order valence-corrected chi connectivity index (χ4v) is 2.40. The third kappa shape index (κ3) is 2.41. The highest BCUT2D eigenvalue weighted by molar-refractivity contribution is 6.03. The van der Waals surface area contributed by atoms with Gasteiger partial charge in [0.2, 0.25) is 0 Å². The lowest BCUT2D eigenvalue weighted by Crippen LogP contribution is -2.27. The molecule has 1 aromatic rings. The first-order valence-electron chi connectivity index (χ1n) is 5.96. The molecular formula is C14H16O5. The zero-order valence-electron chi connectivity index (χ0n) is 11.2. The summed E-state index contributed by atoms with van der Waals surface area (Å²) in [7, 11) is 4.38. The molecule has 0 bridgehead atoms. The molecule has 0 heterocycles. The maximum atomic E-state index is 12.2. The van der Waals surface area contributed by atoms with Crippen LogP contribution in [0.3, 0.4) is 0 Å². The van der Waals surface area contributed by atoms with E-state index in [1.807, 2.05) is 0 Å². The first-order chi connectivity index (χ1) is 9.10. The van der Waals surface area contributed by atoms with E-state index in [0.717, 1.165) is 5.56 Å². The predicted molar refractivity (Wildman–Crippen MR) is 67.7 cm³/mol. The number of hydrogen-bond acceptors (Lipinski definition) is 5. The number of hydrogen-bond donors (Lipinski definition) is 0. The van der Waals surface area contributed by atoms with Gasteiger partial charge in [-0.3, -0.25) is 9.59 Å². The number of Topliss-reactive ketones (excluding diaryl/α,β-unsaturated/α-hetero) is 1. The molecule has 0 aromatic heterocycles. The molecule has 0 spiro atoms. The molecule has 0 unspecified atom stereocenters. The van der Waals surface area contributed by atoms with Crippen molar-refractivity contribution in [3.63, 3.8) is 0 Å². The van der Waals surface area contributed by atoms with Crippen LogP contribution in [0.4, 0.5) is 0 Å². The number of carbonyl (C=O) groups is 2. The van der Waals surface area contributed by atoms with E-state index in [4.69, 9.17) is 14.2 Å². The molecular weight excluding hydrogens is 248 g/mol. The van der Waals surface area contributed by atoms with Gasteiger partial charge in [-0.2, -0.15) is 0 Å². The summed E-state index contributed by atoms with van der Waals surface area (Å²) in [5, 5.41) is 0. The Morgan fingerprint density at radius 2 is 1.89 bits per heavy atom. The third-order valence-corrected chi connectivity index (χ3v) is 3.32. The van der Waals surface area contributed by atoms with Crippen molar-refractivity contribution in [3.05, 3.63) is 23.3 Å². The number of rotatable bonds is 3. The van der Waals surface area contributed by atoms with E-state index in [1.54, 1.807) is 19.2 Å². The van der Waals surface area contributed by atoms with Gasteiger partial charge >= 0.3 is 5.97 Å². The van der Waals surface area contributed by atoms with Gasteiger partial charge in [-0.1, -0.05) is 0 Å². The molecule has 0 saturated heterocycles. The second-order valence-electron chi connectivity index (χ2n) is 4.42. The Morgan fingerprint density at radius 1 is 1.16 bits per heavy atom. The number of benzene rings is 1. The van der Waals surface area contributed by atoms with Gasteiger partial charge in [0.05, 0.1) is 32.8 Å². The van der Waals surface area contributed by atoms with Gasteiger partial charge in [0.1, 0.15) is 11.5 Å². The van der Waals surface area contributed by atoms with E-state index >= 15 is 0 Å². The normalized spacial score (nSPS) is 17.6. The molecule has 0 amide bonds. The second-order valence-corrected chi connectivity index (χ2v) is 4.42. The topological polar surface area (TPSA) is 61.8 Å². The fraction of sp³-hybridized carbons (Fsp3) is 0.429. The molecule has 2 rings (SSSR count). The number of carbonyl (C=O) groups excluding carboxylic acids is 2. The minimum atomic E-state index is -0.429. The van der Waals surface area contributed by atoms with E-state index in [9.17, 15) is 9.59 Å². The van der Waals surface area contributed by atoms with Crippen molar-refractivity contribution < 1.29 is 23.8 Å². The summed E-state index contributed by atoms with van der Waals surface area (Å²) in [6.45, 7) is 0. The van der Waals surface area contributed by atoms with Crippen molar-refractivity contribution >= 4 is 11.8 Å². The molecule has 1 aromatic carbocycles. The summed E-state index contributed by atoms with van der Waals surface area (Å²) in [6.07, 6.45) is 0.615. The van der Waals surface area contributed by atoms with Crippen LogP contribution in [0.1, 0.15) is 22.3 Å². The lowest BCUT2D eigenvalue weighted by molar-refractivity contribution is -0.145. The SMILES string of the molecule is COC(=O)[C@@H]1CC(=O)c2c(cc(OC)cc2OC)C1. The van der Waals surface area contributed by atoms with Crippen molar-refractivity contribution in [2.75, 3.05) is 21.3 Å². The van der Waals surface area contributed by atoms with Gasteiger partial charge in [0, 0.05) is 12.5 Å². The summed E-state index contributed by atoms with van der Waals surface area (Å²) < 4.78 is 15.1. The standard InChI is InChI=1S/C14H16O5/c1-17-10-5-8-4-9(14(16)19-3)6-11(15)13(8)12(7-10)18-2/h5,7,9H,4,6H2,1-3H3/t9-/m0/s1. The highest BCUT2D eigenvalue weighted by atomic mass is 16.5. The molecule has 1 aliphatic carbocycles. The van der Waals surface area contributed by atoms with Gasteiger partial charge in [-0.05, 0) is 18.1 Å². The summed E-state index contributed by atoms with van der Waals surface area (Å²) in [4.78, 5) is 23.8. The molecule has 5 nitrogen and oxygen atoms in total. The van der Waals surface area contributed by atoms with Gasteiger partial charge in [0.25, 0.3) is 0 Å². The summed E-state index contributed by atoms with van der Waals surface area (Å²) in [5.74, 6) is 0.204. The summed E-state index contributed by atoms with van der Waals surface area (Å²) >= 11 is 0. The molecule has 19 heavy (non-hydrogen) atoms. The first kappa shape index (κ1) is 13.4. The summed E-state index contributed by atoms with van der Waals surface area (Å²) in [6, 6.07) is 3.44. The Hall–Kier alpha value is -2.04. The van der Waals surface area contributed by atoms with Crippen LogP contribution in [-0.2, 0) is 16.0 Å². The Bertz CT molecular complexity index is 521. The van der Waals surface area contributed by atoms with Crippen molar-refractivity contribution in [2.45, 2.75) is 12.8 Å². The molecule has 1 aliphatic rings. The number of esters is 1. The maximum absolute atomic E-state index is 12.2.